The van der Waals surface area contributed by atoms with E-state index in [1.165, 1.54) is 12.8 Å². The third-order valence-corrected chi connectivity index (χ3v) is 2.60. The van der Waals surface area contributed by atoms with E-state index >= 15 is 0 Å². The van der Waals surface area contributed by atoms with Crippen LogP contribution in [0, 0.1) is 0 Å². The number of rotatable bonds is 4. The van der Waals surface area contributed by atoms with Gasteiger partial charge in [0.05, 0.1) is 11.0 Å². The molecule has 0 spiro atoms. The fraction of sp³-hybridized carbons (Fsp3) is 0.417. The average Bonchev–Trinajstić information content (AvgIpc) is 2.67. The largest absolute Gasteiger partial charge is 0.342 e. The molecule has 0 bridgehead atoms. The molecule has 0 saturated carbocycles. The Kier molecular flexibility index (Phi) is 3.02. The van der Waals surface area contributed by atoms with Gasteiger partial charge in [-0.05, 0) is 24.1 Å². The number of nitrogens with zero attached hydrogens (tertiary/aromatic N) is 1. The van der Waals surface area contributed by atoms with Crippen molar-refractivity contribution in [1.82, 2.24) is 9.97 Å². The standard InChI is InChI=1S/C12H17N3/c1-2-3-4-12-14-10-6-5-9(8-13)7-11(10)15-12/h5-7H,2-4,8,13H2,1H3,(H,14,15). The normalized spacial score (nSPS) is 11.1. The second-order valence-electron chi connectivity index (χ2n) is 3.84. The van der Waals surface area contributed by atoms with Crippen LogP contribution in [0.5, 0.6) is 0 Å². The molecule has 0 unspecified atom stereocenters. The molecule has 3 nitrogen and oxygen atoms in total. The van der Waals surface area contributed by atoms with E-state index < -0.39 is 0 Å². The number of H-pyrrole nitrogens is 1. The summed E-state index contributed by atoms with van der Waals surface area (Å²) in [5.74, 6) is 1.08. The fourth-order valence-electron chi connectivity index (χ4n) is 1.70. The number of aromatic amines is 1. The summed E-state index contributed by atoms with van der Waals surface area (Å²) in [4.78, 5) is 7.87. The van der Waals surface area contributed by atoms with E-state index in [9.17, 15) is 0 Å². The highest BCUT2D eigenvalue weighted by Gasteiger charge is 2.02. The van der Waals surface area contributed by atoms with Crippen LogP contribution in [0.2, 0.25) is 0 Å². The van der Waals surface area contributed by atoms with E-state index in [1.54, 1.807) is 0 Å². The molecule has 0 fully saturated rings. The molecule has 0 saturated heterocycles. The van der Waals surface area contributed by atoms with E-state index in [2.05, 4.69) is 23.0 Å². The van der Waals surface area contributed by atoms with E-state index in [0.29, 0.717) is 6.54 Å². The first kappa shape index (κ1) is 10.2. The second kappa shape index (κ2) is 4.45. The Labute approximate surface area is 89.7 Å². The average molecular weight is 203 g/mol. The summed E-state index contributed by atoms with van der Waals surface area (Å²) in [5.41, 5.74) is 8.88. The number of benzene rings is 1. The molecule has 3 heteroatoms. The summed E-state index contributed by atoms with van der Waals surface area (Å²) < 4.78 is 0. The van der Waals surface area contributed by atoms with Crippen molar-refractivity contribution >= 4 is 11.0 Å². The molecule has 1 heterocycles. The number of aryl methyl sites for hydroxylation is 1. The van der Waals surface area contributed by atoms with Gasteiger partial charge in [0.25, 0.3) is 0 Å². The fourth-order valence-corrected chi connectivity index (χ4v) is 1.70. The van der Waals surface area contributed by atoms with Crippen molar-refractivity contribution in [2.45, 2.75) is 32.7 Å². The molecule has 0 aliphatic heterocycles. The third-order valence-electron chi connectivity index (χ3n) is 2.60. The first-order valence-corrected chi connectivity index (χ1v) is 5.51. The van der Waals surface area contributed by atoms with Crippen molar-refractivity contribution < 1.29 is 0 Å². The Morgan fingerprint density at radius 1 is 1.40 bits per heavy atom. The zero-order valence-corrected chi connectivity index (χ0v) is 9.09. The van der Waals surface area contributed by atoms with Gasteiger partial charge in [-0.2, -0.15) is 0 Å². The van der Waals surface area contributed by atoms with Gasteiger partial charge in [-0.25, -0.2) is 4.98 Å². The number of fused-ring (bicyclic) bond motifs is 1. The highest BCUT2D eigenvalue weighted by Crippen LogP contribution is 2.14. The van der Waals surface area contributed by atoms with Crippen molar-refractivity contribution in [2.75, 3.05) is 0 Å². The van der Waals surface area contributed by atoms with Crippen LogP contribution >= 0.6 is 0 Å². The topological polar surface area (TPSA) is 54.7 Å². The van der Waals surface area contributed by atoms with E-state index in [1.807, 2.05) is 12.1 Å². The smallest absolute Gasteiger partial charge is 0.107 e. The summed E-state index contributed by atoms with van der Waals surface area (Å²) in [6.07, 6.45) is 3.41. The molecule has 0 atom stereocenters. The lowest BCUT2D eigenvalue weighted by atomic mass is 10.2. The molecule has 15 heavy (non-hydrogen) atoms. The van der Waals surface area contributed by atoms with E-state index in [0.717, 1.165) is 28.8 Å². The van der Waals surface area contributed by atoms with Crippen LogP contribution in [0.4, 0.5) is 0 Å². The van der Waals surface area contributed by atoms with Gasteiger partial charge < -0.3 is 10.7 Å². The molecule has 0 aliphatic carbocycles. The monoisotopic (exact) mass is 203 g/mol. The number of aromatic nitrogens is 2. The van der Waals surface area contributed by atoms with Gasteiger partial charge in [0.1, 0.15) is 5.82 Å². The molecule has 0 aliphatic rings. The lowest BCUT2D eigenvalue weighted by Crippen LogP contribution is -1.95. The SMILES string of the molecule is CCCCc1nc2ccc(CN)cc2[nH]1. The number of unbranched alkanes of at least 4 members (excludes halogenated alkanes) is 1. The minimum atomic E-state index is 0.583. The summed E-state index contributed by atoms with van der Waals surface area (Å²) >= 11 is 0. The van der Waals surface area contributed by atoms with Crippen LogP contribution < -0.4 is 5.73 Å². The number of imidazole rings is 1. The maximum Gasteiger partial charge on any atom is 0.107 e. The summed E-state index contributed by atoms with van der Waals surface area (Å²) in [6, 6.07) is 6.15. The maximum atomic E-state index is 5.59. The Morgan fingerprint density at radius 3 is 3.00 bits per heavy atom. The number of nitrogens with one attached hydrogen (secondary N) is 1. The van der Waals surface area contributed by atoms with Crippen molar-refractivity contribution in [3.05, 3.63) is 29.6 Å². The molecule has 1 aromatic carbocycles. The van der Waals surface area contributed by atoms with Gasteiger partial charge >= 0.3 is 0 Å². The predicted octanol–water partition coefficient (Wildman–Crippen LogP) is 2.36. The predicted molar refractivity (Wildman–Crippen MR) is 62.6 cm³/mol. The molecular weight excluding hydrogens is 186 g/mol. The molecule has 2 rings (SSSR count). The first-order chi connectivity index (χ1) is 7.33. The minimum Gasteiger partial charge on any atom is -0.342 e. The van der Waals surface area contributed by atoms with Crippen molar-refractivity contribution in [2.24, 2.45) is 5.73 Å². The Morgan fingerprint density at radius 2 is 2.27 bits per heavy atom. The lowest BCUT2D eigenvalue weighted by molar-refractivity contribution is 0.765. The maximum absolute atomic E-state index is 5.59. The molecule has 0 amide bonds. The van der Waals surface area contributed by atoms with Crippen LogP contribution in [-0.2, 0) is 13.0 Å². The Hall–Kier alpha value is -1.35. The molecule has 80 valence electrons. The van der Waals surface area contributed by atoms with E-state index in [-0.39, 0.29) is 0 Å². The zero-order chi connectivity index (χ0) is 10.7. The highest BCUT2D eigenvalue weighted by molar-refractivity contribution is 5.75. The lowest BCUT2D eigenvalue weighted by Gasteiger charge is -1.94. The second-order valence-corrected chi connectivity index (χ2v) is 3.84. The molecule has 2 aromatic rings. The molecule has 0 radical (unpaired) electrons. The van der Waals surface area contributed by atoms with Gasteiger partial charge in [0.15, 0.2) is 0 Å². The molecular formula is C12H17N3. The van der Waals surface area contributed by atoms with Crippen LogP contribution in [0.25, 0.3) is 11.0 Å². The Bertz CT molecular complexity index is 445. The van der Waals surface area contributed by atoms with Crippen molar-refractivity contribution in [3.63, 3.8) is 0 Å². The van der Waals surface area contributed by atoms with Gasteiger partial charge in [-0.1, -0.05) is 19.4 Å². The third kappa shape index (κ3) is 2.18. The summed E-state index contributed by atoms with van der Waals surface area (Å²) in [6.45, 7) is 2.77. The minimum absolute atomic E-state index is 0.583. The summed E-state index contributed by atoms with van der Waals surface area (Å²) in [7, 11) is 0. The van der Waals surface area contributed by atoms with Crippen LogP contribution in [-0.4, -0.2) is 9.97 Å². The van der Waals surface area contributed by atoms with Crippen LogP contribution in [0.15, 0.2) is 18.2 Å². The molecule has 3 N–H and O–H groups in total. The van der Waals surface area contributed by atoms with Gasteiger partial charge in [-0.3, -0.25) is 0 Å². The zero-order valence-electron chi connectivity index (χ0n) is 9.09. The number of nitrogens with two attached hydrogens (primary N) is 1. The van der Waals surface area contributed by atoms with Gasteiger partial charge in [-0.15, -0.1) is 0 Å². The van der Waals surface area contributed by atoms with Crippen LogP contribution in [0.1, 0.15) is 31.2 Å². The quantitative estimate of drug-likeness (QED) is 0.801. The van der Waals surface area contributed by atoms with Crippen molar-refractivity contribution in [1.29, 1.82) is 0 Å². The van der Waals surface area contributed by atoms with Crippen LogP contribution in [0.3, 0.4) is 0 Å². The van der Waals surface area contributed by atoms with Crippen molar-refractivity contribution in [3.8, 4) is 0 Å². The molecule has 1 aromatic heterocycles. The number of hydrogen-bond acceptors (Lipinski definition) is 2. The highest BCUT2D eigenvalue weighted by atomic mass is 14.9. The Balaban J connectivity index is 2.29. The van der Waals surface area contributed by atoms with E-state index in [4.69, 9.17) is 5.73 Å². The first-order valence-electron chi connectivity index (χ1n) is 5.51. The summed E-state index contributed by atoms with van der Waals surface area (Å²) in [5, 5.41) is 0. The number of hydrogen-bond donors (Lipinski definition) is 2. The van der Waals surface area contributed by atoms with Gasteiger partial charge in [0.2, 0.25) is 0 Å². The van der Waals surface area contributed by atoms with Gasteiger partial charge in [0, 0.05) is 13.0 Å².